The zero-order valence-electron chi connectivity index (χ0n) is 19.3. The molecule has 10 heteroatoms. The fourth-order valence-corrected chi connectivity index (χ4v) is 4.77. The predicted octanol–water partition coefficient (Wildman–Crippen LogP) is 3.39. The highest BCUT2D eigenvalue weighted by atomic mass is 32.2. The summed E-state index contributed by atoms with van der Waals surface area (Å²) >= 11 is 1.34. The molecule has 0 bridgehead atoms. The number of thioether (sulfide) groups is 1. The summed E-state index contributed by atoms with van der Waals surface area (Å²) in [5, 5.41) is 3.85. The lowest BCUT2D eigenvalue weighted by molar-refractivity contribution is -0.121. The maximum absolute atomic E-state index is 13.3. The van der Waals surface area contributed by atoms with Gasteiger partial charge in [0.2, 0.25) is 5.91 Å². The van der Waals surface area contributed by atoms with Crippen LogP contribution in [0.1, 0.15) is 24.3 Å². The van der Waals surface area contributed by atoms with E-state index >= 15 is 0 Å². The van der Waals surface area contributed by atoms with Crippen LogP contribution in [0, 0.1) is 0 Å². The molecule has 0 saturated heterocycles. The summed E-state index contributed by atoms with van der Waals surface area (Å²) in [4.78, 5) is 47.2. The lowest BCUT2D eigenvalue weighted by Gasteiger charge is -2.13. The molecule has 4 aromatic heterocycles. The van der Waals surface area contributed by atoms with Gasteiger partial charge in [0.1, 0.15) is 11.4 Å². The lowest BCUT2D eigenvalue weighted by Crippen LogP contribution is -2.26. The van der Waals surface area contributed by atoms with Gasteiger partial charge in [-0.3, -0.25) is 23.4 Å². The molecule has 0 saturated carbocycles. The maximum atomic E-state index is 13.3. The van der Waals surface area contributed by atoms with Crippen molar-refractivity contribution in [3.05, 3.63) is 105 Å². The van der Waals surface area contributed by atoms with Gasteiger partial charge in [-0.2, -0.15) is 0 Å². The molecule has 1 amide bonds. The Balaban J connectivity index is 1.33. The van der Waals surface area contributed by atoms with Crippen molar-refractivity contribution in [1.29, 1.82) is 0 Å². The number of hydrogen-bond donors (Lipinski definition) is 1. The number of rotatable bonds is 9. The first-order valence-corrected chi connectivity index (χ1v) is 12.5. The number of carbonyl (C=O) groups excluding carboxylic acids is 1. The monoisotopic (exact) mass is 501 g/mol. The molecular formula is C26H23N5O4S. The maximum Gasteiger partial charge on any atom is 0.262 e. The largest absolute Gasteiger partial charge is 0.467 e. The van der Waals surface area contributed by atoms with Crippen molar-refractivity contribution < 1.29 is 9.21 Å². The molecule has 4 heterocycles. The van der Waals surface area contributed by atoms with Gasteiger partial charge < -0.3 is 9.73 Å². The van der Waals surface area contributed by atoms with E-state index in [4.69, 9.17) is 9.40 Å². The number of hydrogen-bond acceptors (Lipinski definition) is 7. The van der Waals surface area contributed by atoms with E-state index < -0.39 is 0 Å². The van der Waals surface area contributed by atoms with Crippen LogP contribution in [-0.4, -0.2) is 24.8 Å². The number of amides is 1. The van der Waals surface area contributed by atoms with Crippen molar-refractivity contribution >= 4 is 34.2 Å². The Morgan fingerprint density at radius 1 is 1.03 bits per heavy atom. The van der Waals surface area contributed by atoms with E-state index in [-0.39, 0.29) is 23.4 Å². The summed E-state index contributed by atoms with van der Waals surface area (Å²) in [6, 6.07) is 17.6. The Kier molecular flexibility index (Phi) is 6.94. The molecule has 0 aliphatic rings. The number of carbonyl (C=O) groups is 1. The quantitative estimate of drug-likeness (QED) is 0.243. The highest BCUT2D eigenvalue weighted by molar-refractivity contribution is 7.98. The molecule has 0 spiro atoms. The zero-order chi connectivity index (χ0) is 24.9. The van der Waals surface area contributed by atoms with Crippen LogP contribution < -0.4 is 16.4 Å². The first-order chi connectivity index (χ1) is 17.6. The third-order valence-electron chi connectivity index (χ3n) is 5.63. The third-order valence-corrected chi connectivity index (χ3v) is 6.64. The van der Waals surface area contributed by atoms with Crippen molar-refractivity contribution in [3.8, 4) is 0 Å². The third kappa shape index (κ3) is 5.23. The normalized spacial score (nSPS) is 11.2. The van der Waals surface area contributed by atoms with Crippen LogP contribution >= 0.6 is 11.8 Å². The van der Waals surface area contributed by atoms with Crippen LogP contribution in [0.2, 0.25) is 0 Å². The number of benzene rings is 1. The van der Waals surface area contributed by atoms with Crippen LogP contribution in [0.5, 0.6) is 0 Å². The van der Waals surface area contributed by atoms with E-state index in [1.165, 1.54) is 22.2 Å². The molecule has 0 atom stereocenters. The average Bonchev–Trinajstić information content (AvgIpc) is 3.42. The van der Waals surface area contributed by atoms with Gasteiger partial charge in [-0.25, -0.2) is 9.97 Å². The number of pyridine rings is 1. The SMILES string of the molecule is O=C(CCCn1c(SCc2cc(=O)n3ccccc3n2)nc2ccccc2c1=O)NCc1ccco1. The summed E-state index contributed by atoms with van der Waals surface area (Å²) < 4.78 is 8.31. The molecule has 36 heavy (non-hydrogen) atoms. The summed E-state index contributed by atoms with van der Waals surface area (Å²) in [5.41, 5.74) is 1.43. The zero-order valence-corrected chi connectivity index (χ0v) is 20.1. The van der Waals surface area contributed by atoms with E-state index in [2.05, 4.69) is 10.3 Å². The van der Waals surface area contributed by atoms with Crippen LogP contribution in [-0.2, 0) is 23.6 Å². The lowest BCUT2D eigenvalue weighted by atomic mass is 10.2. The van der Waals surface area contributed by atoms with E-state index in [9.17, 15) is 14.4 Å². The number of para-hydroxylation sites is 1. The minimum atomic E-state index is -0.166. The first kappa shape index (κ1) is 23.6. The van der Waals surface area contributed by atoms with Gasteiger partial charge >= 0.3 is 0 Å². The second kappa shape index (κ2) is 10.6. The fraction of sp³-hybridized carbons (Fsp3) is 0.192. The molecule has 0 aliphatic carbocycles. The van der Waals surface area contributed by atoms with Gasteiger partial charge in [0.05, 0.1) is 29.4 Å². The summed E-state index contributed by atoms with van der Waals surface area (Å²) in [5.74, 6) is 0.928. The Morgan fingerprint density at radius 3 is 2.75 bits per heavy atom. The summed E-state index contributed by atoms with van der Waals surface area (Å²) in [6.45, 7) is 0.657. The van der Waals surface area contributed by atoms with Gasteiger partial charge in [0.25, 0.3) is 11.1 Å². The predicted molar refractivity (Wildman–Crippen MR) is 137 cm³/mol. The molecule has 1 aromatic carbocycles. The van der Waals surface area contributed by atoms with Crippen LogP contribution in [0.3, 0.4) is 0 Å². The minimum Gasteiger partial charge on any atom is -0.467 e. The standard InChI is InChI=1S/C26H23N5O4S/c32-23(27-16-19-7-6-14-35-19)11-5-13-31-25(34)20-8-1-2-9-21(20)29-26(31)36-17-18-15-24(33)30-12-4-3-10-22(30)28-18/h1-4,6-10,12,14-15H,5,11,13,16-17H2,(H,27,32). The molecule has 0 radical (unpaired) electrons. The van der Waals surface area contributed by atoms with Gasteiger partial charge in [0.15, 0.2) is 5.16 Å². The van der Waals surface area contributed by atoms with Crippen LogP contribution in [0.15, 0.2) is 92.3 Å². The Labute approximate surface area is 209 Å². The van der Waals surface area contributed by atoms with Crippen molar-refractivity contribution in [3.63, 3.8) is 0 Å². The van der Waals surface area contributed by atoms with E-state index in [1.54, 1.807) is 59.5 Å². The molecule has 5 aromatic rings. The topological polar surface area (TPSA) is 112 Å². The smallest absolute Gasteiger partial charge is 0.262 e. The summed E-state index contributed by atoms with van der Waals surface area (Å²) in [6.07, 6.45) is 3.96. The van der Waals surface area contributed by atoms with Gasteiger partial charge in [0, 0.05) is 31.0 Å². The Hall–Kier alpha value is -4.18. The molecule has 5 rings (SSSR count). The average molecular weight is 502 g/mol. The van der Waals surface area contributed by atoms with Crippen molar-refractivity contribution in [1.82, 2.24) is 24.3 Å². The van der Waals surface area contributed by atoms with Crippen molar-refractivity contribution in [2.75, 3.05) is 0 Å². The first-order valence-electron chi connectivity index (χ1n) is 11.5. The Morgan fingerprint density at radius 2 is 1.89 bits per heavy atom. The van der Waals surface area contributed by atoms with Gasteiger partial charge in [-0.1, -0.05) is 30.0 Å². The number of nitrogens with zero attached hydrogens (tertiary/aromatic N) is 4. The van der Waals surface area contributed by atoms with Gasteiger partial charge in [-0.05, 0) is 42.8 Å². The molecule has 9 nitrogen and oxygen atoms in total. The van der Waals surface area contributed by atoms with Crippen molar-refractivity contribution in [2.45, 2.75) is 36.8 Å². The summed E-state index contributed by atoms with van der Waals surface area (Å²) in [7, 11) is 0. The van der Waals surface area contributed by atoms with Gasteiger partial charge in [-0.15, -0.1) is 0 Å². The fourth-order valence-electron chi connectivity index (χ4n) is 3.86. The Bertz CT molecular complexity index is 1640. The highest BCUT2D eigenvalue weighted by Gasteiger charge is 2.13. The highest BCUT2D eigenvalue weighted by Crippen LogP contribution is 2.22. The second-order valence-electron chi connectivity index (χ2n) is 8.13. The molecule has 1 N–H and O–H groups in total. The number of fused-ring (bicyclic) bond motifs is 2. The number of aromatic nitrogens is 4. The number of nitrogens with one attached hydrogen (secondary N) is 1. The van der Waals surface area contributed by atoms with Crippen LogP contribution in [0.4, 0.5) is 0 Å². The molecule has 0 aliphatic heterocycles. The van der Waals surface area contributed by atoms with E-state index in [0.717, 1.165) is 0 Å². The van der Waals surface area contributed by atoms with Crippen molar-refractivity contribution in [2.24, 2.45) is 0 Å². The molecule has 0 unspecified atom stereocenters. The van der Waals surface area contributed by atoms with E-state index in [0.29, 0.717) is 58.4 Å². The molecule has 0 fully saturated rings. The van der Waals surface area contributed by atoms with Crippen LogP contribution in [0.25, 0.3) is 16.6 Å². The molecule has 182 valence electrons. The second-order valence-corrected chi connectivity index (χ2v) is 9.07. The molecular weight excluding hydrogens is 478 g/mol. The minimum absolute atomic E-state index is 0.122. The van der Waals surface area contributed by atoms with E-state index in [1.807, 2.05) is 12.1 Å². The number of furan rings is 1.